The highest BCUT2D eigenvalue weighted by molar-refractivity contribution is 5.99. The Morgan fingerprint density at radius 1 is 1.16 bits per heavy atom. The molecule has 1 aromatic rings. The fourth-order valence-electron chi connectivity index (χ4n) is 4.81. The number of carbonyl (C=O) groups excluding carboxylic acids is 2. The van der Waals surface area contributed by atoms with E-state index in [2.05, 4.69) is 0 Å². The maximum Gasteiger partial charge on any atom is 0.410 e. The number of amides is 1. The number of benzene rings is 1. The Balaban J connectivity index is 1.23. The van der Waals surface area contributed by atoms with E-state index < -0.39 is 23.0 Å². The molecule has 2 aliphatic carbocycles. The predicted octanol–water partition coefficient (Wildman–Crippen LogP) is 4.30. The van der Waals surface area contributed by atoms with Crippen molar-refractivity contribution < 1.29 is 27.8 Å². The smallest absolute Gasteiger partial charge is 0.410 e. The lowest BCUT2D eigenvalue weighted by atomic mass is 9.89. The minimum atomic E-state index is -0.869. The van der Waals surface area contributed by atoms with Crippen LogP contribution in [0.15, 0.2) is 12.1 Å². The number of hydrogen-bond acceptors (Lipinski definition) is 5. The third-order valence-corrected chi connectivity index (χ3v) is 6.93. The molecule has 176 valence electrons. The quantitative estimate of drug-likeness (QED) is 0.597. The van der Waals surface area contributed by atoms with Crippen LogP contribution in [0.25, 0.3) is 0 Å². The molecular formula is C24H32F2N2O4. The van der Waals surface area contributed by atoms with E-state index in [0.29, 0.717) is 44.2 Å². The Kier molecular flexibility index (Phi) is 6.43. The van der Waals surface area contributed by atoms with E-state index in [0.717, 1.165) is 31.4 Å². The average Bonchev–Trinajstić information content (AvgIpc) is 3.63. The first-order valence-electron chi connectivity index (χ1n) is 11.6. The van der Waals surface area contributed by atoms with Gasteiger partial charge in [0.25, 0.3) is 0 Å². The summed E-state index contributed by atoms with van der Waals surface area (Å²) in [5, 5.41) is 0. The molecular weight excluding hydrogens is 418 g/mol. The van der Waals surface area contributed by atoms with Crippen LogP contribution < -0.4 is 10.5 Å². The summed E-state index contributed by atoms with van der Waals surface area (Å²) in [6, 6.07) is 2.16. The van der Waals surface area contributed by atoms with E-state index in [1.807, 2.05) is 13.8 Å². The van der Waals surface area contributed by atoms with E-state index >= 15 is 0 Å². The lowest BCUT2D eigenvalue weighted by Gasteiger charge is -2.32. The third-order valence-electron chi connectivity index (χ3n) is 6.93. The summed E-state index contributed by atoms with van der Waals surface area (Å²) in [7, 11) is 0. The number of piperidine rings is 1. The summed E-state index contributed by atoms with van der Waals surface area (Å²) in [6.45, 7) is 5.27. The van der Waals surface area contributed by atoms with Gasteiger partial charge in [0.1, 0.15) is 17.4 Å². The zero-order chi connectivity index (χ0) is 23.0. The molecule has 1 saturated heterocycles. The van der Waals surface area contributed by atoms with E-state index in [9.17, 15) is 18.4 Å². The molecule has 1 amide bonds. The molecule has 2 saturated carbocycles. The summed E-state index contributed by atoms with van der Waals surface area (Å²) >= 11 is 0. The molecule has 1 aromatic carbocycles. The number of ketones is 1. The van der Waals surface area contributed by atoms with E-state index in [1.54, 1.807) is 4.90 Å². The van der Waals surface area contributed by atoms with E-state index in [-0.39, 0.29) is 36.0 Å². The predicted molar refractivity (Wildman–Crippen MR) is 114 cm³/mol. The van der Waals surface area contributed by atoms with Gasteiger partial charge in [0.05, 0.1) is 18.3 Å². The number of nitrogens with two attached hydrogens (primary N) is 1. The maximum absolute atomic E-state index is 14.3. The second-order valence-corrected chi connectivity index (χ2v) is 9.80. The number of hydrogen-bond donors (Lipinski definition) is 1. The van der Waals surface area contributed by atoms with Gasteiger partial charge in [-0.05, 0) is 64.2 Å². The lowest BCUT2D eigenvalue weighted by Crippen LogP contribution is -2.41. The molecule has 0 spiro atoms. The van der Waals surface area contributed by atoms with Gasteiger partial charge in [-0.3, -0.25) is 4.79 Å². The first kappa shape index (κ1) is 23.0. The van der Waals surface area contributed by atoms with Gasteiger partial charge in [-0.2, -0.15) is 0 Å². The van der Waals surface area contributed by atoms with Gasteiger partial charge >= 0.3 is 6.09 Å². The molecule has 0 aromatic heterocycles. The Morgan fingerprint density at radius 3 is 2.34 bits per heavy atom. The SMILES string of the molecule is CC(C)OC(=O)N1CCC(C2CC2(N)CCOc2cc(F)c(C(=O)C3CC3)c(F)c2)CC1. The Labute approximate surface area is 187 Å². The topological polar surface area (TPSA) is 81.9 Å². The van der Waals surface area contributed by atoms with Gasteiger partial charge in [-0.1, -0.05) is 0 Å². The van der Waals surface area contributed by atoms with Crippen molar-refractivity contribution in [3.63, 3.8) is 0 Å². The highest BCUT2D eigenvalue weighted by Gasteiger charge is 2.54. The lowest BCUT2D eigenvalue weighted by molar-refractivity contribution is 0.0630. The molecule has 3 aliphatic rings. The Bertz CT molecular complexity index is 858. The summed E-state index contributed by atoms with van der Waals surface area (Å²) < 4.78 is 39.4. The summed E-state index contributed by atoms with van der Waals surface area (Å²) in [6.07, 6.45) is 4.25. The zero-order valence-electron chi connectivity index (χ0n) is 18.7. The van der Waals surface area contributed by atoms with Gasteiger partial charge in [-0.25, -0.2) is 13.6 Å². The molecule has 2 N–H and O–H groups in total. The van der Waals surface area contributed by atoms with Crippen LogP contribution in [0.4, 0.5) is 13.6 Å². The van der Waals surface area contributed by atoms with Crippen LogP contribution >= 0.6 is 0 Å². The van der Waals surface area contributed by atoms with Gasteiger partial charge < -0.3 is 20.1 Å². The van der Waals surface area contributed by atoms with E-state index in [1.165, 1.54) is 0 Å². The van der Waals surface area contributed by atoms with Gasteiger partial charge in [-0.15, -0.1) is 0 Å². The molecule has 4 rings (SSSR count). The largest absolute Gasteiger partial charge is 0.493 e. The second kappa shape index (κ2) is 8.96. The molecule has 1 heterocycles. The number of halogens is 2. The molecule has 3 fully saturated rings. The van der Waals surface area contributed by atoms with Crippen LogP contribution in [0, 0.1) is 29.4 Å². The molecule has 8 heteroatoms. The number of nitrogens with zero attached hydrogens (tertiary/aromatic N) is 1. The summed E-state index contributed by atoms with van der Waals surface area (Å²) in [5.41, 5.74) is 5.73. The first-order valence-corrected chi connectivity index (χ1v) is 11.6. The minimum absolute atomic E-state index is 0.0742. The summed E-state index contributed by atoms with van der Waals surface area (Å²) in [4.78, 5) is 25.8. The number of carbonyl (C=O) groups is 2. The zero-order valence-corrected chi connectivity index (χ0v) is 18.7. The highest BCUT2D eigenvalue weighted by Crippen LogP contribution is 2.51. The standard InChI is InChI=1S/C24H32F2N2O4/c1-14(2)32-23(30)28-8-5-15(6-9-28)18-13-24(18,27)7-10-31-17-11-19(25)21(20(26)12-17)22(29)16-3-4-16/h11-12,14-16,18H,3-10,13,27H2,1-2H3. The Morgan fingerprint density at radius 2 is 1.78 bits per heavy atom. The molecule has 2 atom stereocenters. The van der Waals surface area contributed by atoms with Crippen molar-refractivity contribution in [2.45, 2.75) is 64.0 Å². The van der Waals surface area contributed by atoms with Crippen LogP contribution in [-0.4, -0.2) is 48.1 Å². The molecule has 0 radical (unpaired) electrons. The second-order valence-electron chi connectivity index (χ2n) is 9.80. The van der Waals surface area contributed by atoms with Crippen molar-refractivity contribution in [3.05, 3.63) is 29.3 Å². The number of ether oxygens (including phenoxy) is 2. The van der Waals surface area contributed by atoms with Crippen molar-refractivity contribution in [3.8, 4) is 5.75 Å². The van der Waals surface area contributed by atoms with Crippen molar-refractivity contribution in [1.29, 1.82) is 0 Å². The van der Waals surface area contributed by atoms with Crippen LogP contribution in [0.5, 0.6) is 5.75 Å². The van der Waals surface area contributed by atoms with Crippen LogP contribution in [-0.2, 0) is 4.74 Å². The average molecular weight is 451 g/mol. The van der Waals surface area contributed by atoms with Crippen molar-refractivity contribution >= 4 is 11.9 Å². The molecule has 32 heavy (non-hydrogen) atoms. The fraction of sp³-hybridized carbons (Fsp3) is 0.667. The van der Waals surface area contributed by atoms with Gasteiger partial charge in [0, 0.05) is 36.7 Å². The monoisotopic (exact) mass is 450 g/mol. The van der Waals surface area contributed by atoms with Crippen molar-refractivity contribution in [1.82, 2.24) is 4.90 Å². The maximum atomic E-state index is 14.3. The van der Waals surface area contributed by atoms with Crippen LogP contribution in [0.3, 0.4) is 0 Å². The molecule has 1 aliphatic heterocycles. The number of rotatable bonds is 8. The molecule has 6 nitrogen and oxygen atoms in total. The fourth-order valence-corrected chi connectivity index (χ4v) is 4.81. The van der Waals surface area contributed by atoms with Crippen LogP contribution in [0.2, 0.25) is 0 Å². The third kappa shape index (κ3) is 5.05. The van der Waals surface area contributed by atoms with Crippen LogP contribution in [0.1, 0.15) is 62.7 Å². The van der Waals surface area contributed by atoms with Gasteiger partial charge in [0.2, 0.25) is 0 Å². The minimum Gasteiger partial charge on any atom is -0.493 e. The van der Waals surface area contributed by atoms with Crippen molar-refractivity contribution in [2.75, 3.05) is 19.7 Å². The summed E-state index contributed by atoms with van der Waals surface area (Å²) in [5.74, 6) is -1.56. The van der Waals surface area contributed by atoms with Gasteiger partial charge in [0.15, 0.2) is 5.78 Å². The molecule has 2 unspecified atom stereocenters. The normalized spacial score (nSPS) is 25.7. The van der Waals surface area contributed by atoms with E-state index in [4.69, 9.17) is 15.2 Å². The molecule has 0 bridgehead atoms. The first-order chi connectivity index (χ1) is 15.2. The van der Waals surface area contributed by atoms with Crippen molar-refractivity contribution in [2.24, 2.45) is 23.5 Å². The number of likely N-dealkylation sites (tertiary alicyclic amines) is 1. The highest BCUT2D eigenvalue weighted by atomic mass is 19.1. The Hall–Kier alpha value is -2.22. The number of Topliss-reactive ketones (excluding diaryl/α,β-unsaturated/α-hetero) is 1.